The Morgan fingerprint density at radius 1 is 1.26 bits per heavy atom. The van der Waals surface area contributed by atoms with E-state index in [0.29, 0.717) is 5.69 Å². The number of carbonyl (C=O) groups excluding carboxylic acids is 1. The van der Waals surface area contributed by atoms with Gasteiger partial charge in [-0.2, -0.15) is 0 Å². The van der Waals surface area contributed by atoms with E-state index in [-0.39, 0.29) is 18.0 Å². The average molecular weight is 264 g/mol. The smallest absolute Gasteiger partial charge is 0.337 e. The molecule has 2 N–H and O–H groups in total. The normalized spacial score (nSPS) is 10.5. The van der Waals surface area contributed by atoms with E-state index in [0.717, 1.165) is 18.7 Å². The Hall–Kier alpha value is -1.88. The van der Waals surface area contributed by atoms with Crippen molar-refractivity contribution in [3.63, 3.8) is 0 Å². The molecule has 104 valence electrons. The first-order valence-electron chi connectivity index (χ1n) is 6.34. The van der Waals surface area contributed by atoms with Gasteiger partial charge in [-0.15, -0.1) is 0 Å². The highest BCUT2D eigenvalue weighted by Gasteiger charge is 2.15. The number of anilines is 1. The van der Waals surface area contributed by atoms with Crippen molar-refractivity contribution in [1.82, 2.24) is 4.90 Å². The van der Waals surface area contributed by atoms with Gasteiger partial charge in [0.1, 0.15) is 0 Å². The predicted octanol–water partition coefficient (Wildman–Crippen LogP) is 1.97. The van der Waals surface area contributed by atoms with Gasteiger partial charge in [-0.25, -0.2) is 4.79 Å². The van der Waals surface area contributed by atoms with Crippen molar-refractivity contribution in [2.45, 2.75) is 20.8 Å². The fourth-order valence-electron chi connectivity index (χ4n) is 1.84. The Morgan fingerprint density at radius 2 is 1.89 bits per heavy atom. The molecule has 1 aromatic carbocycles. The lowest BCUT2D eigenvalue weighted by Crippen LogP contribution is -2.33. The molecule has 0 aliphatic heterocycles. The van der Waals surface area contributed by atoms with E-state index in [2.05, 4.69) is 5.32 Å². The van der Waals surface area contributed by atoms with Crippen LogP contribution in [0, 0.1) is 6.92 Å². The predicted molar refractivity (Wildman–Crippen MR) is 74.6 cm³/mol. The van der Waals surface area contributed by atoms with Gasteiger partial charge in [0.05, 0.1) is 17.8 Å². The number of amides is 1. The maximum Gasteiger partial charge on any atom is 0.337 e. The number of hydrogen-bond acceptors (Lipinski definition) is 3. The molecular weight excluding hydrogens is 244 g/mol. The van der Waals surface area contributed by atoms with Crippen molar-refractivity contribution >= 4 is 17.6 Å². The third kappa shape index (κ3) is 4.06. The molecule has 0 heterocycles. The lowest BCUT2D eigenvalue weighted by molar-refractivity contribution is -0.117. The summed E-state index contributed by atoms with van der Waals surface area (Å²) in [6.07, 6.45) is 0. The highest BCUT2D eigenvalue weighted by molar-refractivity contribution is 6.02. The van der Waals surface area contributed by atoms with Gasteiger partial charge in [-0.05, 0) is 31.6 Å². The number of carbonyl (C=O) groups is 2. The molecule has 0 aliphatic rings. The summed E-state index contributed by atoms with van der Waals surface area (Å²) < 4.78 is 0. The molecule has 0 aliphatic carbocycles. The van der Waals surface area contributed by atoms with Crippen LogP contribution in [-0.2, 0) is 4.79 Å². The largest absolute Gasteiger partial charge is 0.478 e. The Morgan fingerprint density at radius 3 is 2.42 bits per heavy atom. The topological polar surface area (TPSA) is 69.6 Å². The molecule has 0 aromatic heterocycles. The highest BCUT2D eigenvalue weighted by Crippen LogP contribution is 2.20. The van der Waals surface area contributed by atoms with Gasteiger partial charge >= 0.3 is 5.97 Å². The summed E-state index contributed by atoms with van der Waals surface area (Å²) in [6.45, 7) is 7.56. The summed E-state index contributed by atoms with van der Waals surface area (Å²) in [5.74, 6) is -1.23. The summed E-state index contributed by atoms with van der Waals surface area (Å²) in [7, 11) is 0. The van der Waals surface area contributed by atoms with Gasteiger partial charge in [-0.3, -0.25) is 9.69 Å². The van der Waals surface area contributed by atoms with E-state index in [9.17, 15) is 9.59 Å². The average Bonchev–Trinajstić information content (AvgIpc) is 2.38. The first-order chi connectivity index (χ1) is 8.99. The van der Waals surface area contributed by atoms with Gasteiger partial charge < -0.3 is 10.4 Å². The molecule has 1 aromatic rings. The first-order valence-corrected chi connectivity index (χ1v) is 6.34. The maximum absolute atomic E-state index is 11.9. The second-order valence-electron chi connectivity index (χ2n) is 4.31. The van der Waals surface area contributed by atoms with E-state index in [1.807, 2.05) is 18.7 Å². The van der Waals surface area contributed by atoms with Crippen LogP contribution >= 0.6 is 0 Å². The van der Waals surface area contributed by atoms with Crippen molar-refractivity contribution in [1.29, 1.82) is 0 Å². The summed E-state index contributed by atoms with van der Waals surface area (Å²) in [5.41, 5.74) is 1.24. The number of benzene rings is 1. The minimum atomic E-state index is -1.04. The summed E-state index contributed by atoms with van der Waals surface area (Å²) in [4.78, 5) is 25.0. The van der Waals surface area contributed by atoms with Crippen LogP contribution in [-0.4, -0.2) is 41.5 Å². The van der Waals surface area contributed by atoms with Crippen molar-refractivity contribution in [3.05, 3.63) is 29.3 Å². The summed E-state index contributed by atoms with van der Waals surface area (Å²) in [6, 6.07) is 4.93. The number of nitrogens with one attached hydrogen (secondary N) is 1. The van der Waals surface area contributed by atoms with Crippen LogP contribution in [0.15, 0.2) is 18.2 Å². The zero-order chi connectivity index (χ0) is 14.4. The number of carboxylic acid groups (broad SMARTS) is 1. The molecule has 0 bridgehead atoms. The number of rotatable bonds is 6. The number of carboxylic acids is 1. The van der Waals surface area contributed by atoms with Crippen molar-refractivity contribution in [3.8, 4) is 0 Å². The van der Waals surface area contributed by atoms with E-state index in [4.69, 9.17) is 5.11 Å². The molecule has 0 fully saturated rings. The van der Waals surface area contributed by atoms with Gasteiger partial charge in [-0.1, -0.05) is 26.0 Å². The molecule has 0 saturated carbocycles. The second-order valence-corrected chi connectivity index (χ2v) is 4.31. The highest BCUT2D eigenvalue weighted by atomic mass is 16.4. The standard InChI is InChI=1S/C14H20N2O3/c1-4-16(5-2)9-12(17)15-13-10(3)7-6-8-11(13)14(18)19/h6-8H,4-5,9H2,1-3H3,(H,15,17)(H,18,19). The van der Waals surface area contributed by atoms with E-state index >= 15 is 0 Å². The van der Waals surface area contributed by atoms with Crippen LogP contribution in [0.4, 0.5) is 5.69 Å². The van der Waals surface area contributed by atoms with E-state index in [1.54, 1.807) is 19.1 Å². The number of likely N-dealkylation sites (N-methyl/N-ethyl adjacent to an activating group) is 1. The molecule has 0 saturated heterocycles. The van der Waals surface area contributed by atoms with Crippen LogP contribution in [0.3, 0.4) is 0 Å². The zero-order valence-electron chi connectivity index (χ0n) is 11.6. The number of hydrogen-bond donors (Lipinski definition) is 2. The summed E-state index contributed by atoms with van der Waals surface area (Å²) in [5, 5.41) is 11.8. The van der Waals surface area contributed by atoms with Crippen LogP contribution in [0.1, 0.15) is 29.8 Å². The van der Waals surface area contributed by atoms with E-state index < -0.39 is 5.97 Å². The Kier molecular flexibility index (Phi) is 5.51. The molecule has 0 spiro atoms. The Bertz CT molecular complexity index is 468. The van der Waals surface area contributed by atoms with Crippen molar-refractivity contribution < 1.29 is 14.7 Å². The lowest BCUT2D eigenvalue weighted by Gasteiger charge is -2.18. The lowest BCUT2D eigenvalue weighted by atomic mass is 10.1. The fourth-order valence-corrected chi connectivity index (χ4v) is 1.84. The molecule has 19 heavy (non-hydrogen) atoms. The third-order valence-corrected chi connectivity index (χ3v) is 3.03. The van der Waals surface area contributed by atoms with Crippen LogP contribution in [0.2, 0.25) is 0 Å². The molecule has 1 amide bonds. The maximum atomic E-state index is 11.9. The number of aryl methyl sites for hydroxylation is 1. The second kappa shape index (κ2) is 6.89. The zero-order valence-corrected chi connectivity index (χ0v) is 11.6. The minimum Gasteiger partial charge on any atom is -0.478 e. The molecule has 0 unspecified atom stereocenters. The van der Waals surface area contributed by atoms with Crippen LogP contribution < -0.4 is 5.32 Å². The van der Waals surface area contributed by atoms with E-state index in [1.165, 1.54) is 6.07 Å². The van der Waals surface area contributed by atoms with Gasteiger partial charge in [0, 0.05) is 0 Å². The van der Waals surface area contributed by atoms with Crippen LogP contribution in [0.25, 0.3) is 0 Å². The fraction of sp³-hybridized carbons (Fsp3) is 0.429. The molecule has 1 rings (SSSR count). The molecule has 0 radical (unpaired) electrons. The molecule has 5 nitrogen and oxygen atoms in total. The molecule has 5 heteroatoms. The molecular formula is C14H20N2O3. The molecule has 0 atom stereocenters. The van der Waals surface area contributed by atoms with Crippen LogP contribution in [0.5, 0.6) is 0 Å². The third-order valence-electron chi connectivity index (χ3n) is 3.03. The minimum absolute atomic E-state index is 0.118. The quantitative estimate of drug-likeness (QED) is 0.824. The van der Waals surface area contributed by atoms with Crippen molar-refractivity contribution in [2.75, 3.05) is 25.0 Å². The first kappa shape index (κ1) is 15.2. The van der Waals surface area contributed by atoms with Gasteiger partial charge in [0.25, 0.3) is 0 Å². The number of para-hydroxylation sites is 1. The Balaban J connectivity index is 2.87. The Labute approximate surface area is 113 Å². The van der Waals surface area contributed by atoms with Crippen molar-refractivity contribution in [2.24, 2.45) is 0 Å². The summed E-state index contributed by atoms with van der Waals surface area (Å²) >= 11 is 0. The number of nitrogens with zero attached hydrogens (tertiary/aromatic N) is 1. The van der Waals surface area contributed by atoms with Gasteiger partial charge in [0.15, 0.2) is 0 Å². The monoisotopic (exact) mass is 264 g/mol. The number of aromatic carboxylic acids is 1. The van der Waals surface area contributed by atoms with Gasteiger partial charge in [0.2, 0.25) is 5.91 Å². The SMILES string of the molecule is CCN(CC)CC(=O)Nc1c(C)cccc1C(=O)O.